The molecule has 0 N–H and O–H groups in total. The molecule has 0 radical (unpaired) electrons. The van der Waals surface area contributed by atoms with Crippen LogP contribution < -0.4 is 0 Å². The Morgan fingerprint density at radius 1 is 1.50 bits per heavy atom. The van der Waals surface area contributed by atoms with Crippen LogP contribution in [-0.2, 0) is 0 Å². The molecular weight excluding hydrogens is 381 g/mol. The summed E-state index contributed by atoms with van der Waals surface area (Å²) >= 11 is 13.0. The van der Waals surface area contributed by atoms with E-state index in [1.54, 1.807) is 12.1 Å². The highest BCUT2D eigenvalue weighted by molar-refractivity contribution is 9.10. The summed E-state index contributed by atoms with van der Waals surface area (Å²) < 4.78 is 0.879. The molecule has 1 fully saturated rings. The van der Waals surface area contributed by atoms with Gasteiger partial charge in [-0.05, 0) is 37.0 Å². The molecule has 2 rings (SSSR count). The lowest BCUT2D eigenvalue weighted by Crippen LogP contribution is -2.40. The van der Waals surface area contributed by atoms with Gasteiger partial charge in [-0.2, -0.15) is 0 Å². The molecule has 1 aromatic carbocycles. The van der Waals surface area contributed by atoms with E-state index >= 15 is 0 Å². The molecule has 0 aromatic heterocycles. The highest BCUT2D eigenvalue weighted by atomic mass is 79.9. The number of carbonyl (C=O) groups excluding carboxylic acids is 1. The Morgan fingerprint density at radius 3 is 3.00 bits per heavy atom. The molecule has 1 saturated heterocycles. The molecule has 0 aliphatic carbocycles. The van der Waals surface area contributed by atoms with Crippen LogP contribution in [0.25, 0.3) is 0 Å². The quantitative estimate of drug-likeness (QED) is 0.682. The van der Waals surface area contributed by atoms with E-state index in [0.717, 1.165) is 29.3 Å². The molecule has 1 amide bonds. The Kier molecular flexibility index (Phi) is 5.10. The second-order valence-corrected chi connectivity index (χ2v) is 6.51. The van der Waals surface area contributed by atoms with Gasteiger partial charge in [-0.15, -0.1) is 0 Å². The lowest BCUT2D eigenvalue weighted by atomic mass is 9.99. The summed E-state index contributed by atoms with van der Waals surface area (Å²) in [6, 6.07) is 5.39. The Labute approximate surface area is 129 Å². The number of nitrogens with zero attached hydrogens (tertiary/aromatic N) is 1. The van der Waals surface area contributed by atoms with Gasteiger partial charge >= 0.3 is 0 Å². The van der Waals surface area contributed by atoms with Crippen molar-refractivity contribution in [2.75, 3.05) is 18.4 Å². The van der Waals surface area contributed by atoms with E-state index in [0.29, 0.717) is 16.5 Å². The zero-order chi connectivity index (χ0) is 13.1. The highest BCUT2D eigenvalue weighted by Gasteiger charge is 2.25. The molecule has 1 aromatic rings. The van der Waals surface area contributed by atoms with E-state index in [2.05, 4.69) is 31.9 Å². The van der Waals surface area contributed by atoms with Crippen molar-refractivity contribution in [3.8, 4) is 0 Å². The van der Waals surface area contributed by atoms with E-state index in [4.69, 9.17) is 11.6 Å². The predicted molar refractivity (Wildman–Crippen MR) is 81.6 cm³/mol. The van der Waals surface area contributed by atoms with Gasteiger partial charge in [0.1, 0.15) is 0 Å². The molecular formula is C13H14Br2ClNO. The fourth-order valence-corrected chi connectivity index (χ4v) is 3.30. The third-order valence-corrected chi connectivity index (χ3v) is 4.92. The molecule has 18 heavy (non-hydrogen) atoms. The largest absolute Gasteiger partial charge is 0.338 e. The van der Waals surface area contributed by atoms with Crippen molar-refractivity contribution >= 4 is 49.4 Å². The second-order valence-electron chi connectivity index (χ2n) is 4.54. The molecule has 1 unspecified atom stereocenters. The van der Waals surface area contributed by atoms with Crippen molar-refractivity contribution in [1.29, 1.82) is 0 Å². The molecule has 1 aliphatic rings. The van der Waals surface area contributed by atoms with Crippen LogP contribution in [0, 0.1) is 5.92 Å². The first-order chi connectivity index (χ1) is 8.61. The number of carbonyl (C=O) groups is 1. The lowest BCUT2D eigenvalue weighted by Gasteiger charge is -2.32. The summed E-state index contributed by atoms with van der Waals surface area (Å²) in [5.41, 5.74) is 0.585. The molecule has 1 aliphatic heterocycles. The van der Waals surface area contributed by atoms with Gasteiger partial charge in [-0.25, -0.2) is 0 Å². The fraction of sp³-hybridized carbons (Fsp3) is 0.462. The van der Waals surface area contributed by atoms with E-state index in [1.807, 2.05) is 11.0 Å². The SMILES string of the molecule is O=C(c1cc(Br)ccc1Cl)N1CCCC(CBr)C1. The van der Waals surface area contributed by atoms with Crippen molar-refractivity contribution in [2.24, 2.45) is 5.92 Å². The number of hydrogen-bond donors (Lipinski definition) is 0. The number of amides is 1. The standard InChI is InChI=1S/C13H14Br2ClNO/c14-7-9-2-1-5-17(8-9)13(18)11-6-10(15)3-4-12(11)16/h3-4,6,9H,1-2,5,7-8H2. The number of benzene rings is 1. The summed E-state index contributed by atoms with van der Waals surface area (Å²) in [6.07, 6.45) is 2.24. The van der Waals surface area contributed by atoms with Crippen LogP contribution in [0.1, 0.15) is 23.2 Å². The van der Waals surface area contributed by atoms with E-state index in [-0.39, 0.29) is 5.91 Å². The summed E-state index contributed by atoms with van der Waals surface area (Å²) in [5, 5.41) is 1.47. The van der Waals surface area contributed by atoms with E-state index < -0.39 is 0 Å². The number of halogens is 3. The monoisotopic (exact) mass is 393 g/mol. The zero-order valence-electron chi connectivity index (χ0n) is 9.83. The number of likely N-dealkylation sites (tertiary alicyclic amines) is 1. The smallest absolute Gasteiger partial charge is 0.255 e. The molecule has 98 valence electrons. The Balaban J connectivity index is 2.17. The Morgan fingerprint density at radius 2 is 2.28 bits per heavy atom. The van der Waals surface area contributed by atoms with Gasteiger partial charge in [0.2, 0.25) is 0 Å². The van der Waals surface area contributed by atoms with Gasteiger partial charge in [-0.3, -0.25) is 4.79 Å². The molecule has 0 saturated carbocycles. The van der Waals surface area contributed by atoms with Crippen LogP contribution in [0.3, 0.4) is 0 Å². The van der Waals surface area contributed by atoms with Crippen molar-refractivity contribution in [1.82, 2.24) is 4.90 Å². The predicted octanol–water partition coefficient (Wildman–Crippen LogP) is 4.35. The number of hydrogen-bond acceptors (Lipinski definition) is 1. The highest BCUT2D eigenvalue weighted by Crippen LogP contribution is 2.25. The first kappa shape index (κ1) is 14.4. The first-order valence-corrected chi connectivity index (χ1v) is 8.21. The Hall–Kier alpha value is -0.0600. The van der Waals surface area contributed by atoms with Crippen LogP contribution in [0.15, 0.2) is 22.7 Å². The molecule has 1 atom stereocenters. The third-order valence-electron chi connectivity index (χ3n) is 3.18. The third kappa shape index (κ3) is 3.28. The Bertz CT molecular complexity index is 453. The zero-order valence-corrected chi connectivity index (χ0v) is 13.8. The van der Waals surface area contributed by atoms with Gasteiger partial charge in [-0.1, -0.05) is 43.5 Å². The van der Waals surface area contributed by atoms with E-state index in [9.17, 15) is 4.79 Å². The lowest BCUT2D eigenvalue weighted by molar-refractivity contribution is 0.0686. The van der Waals surface area contributed by atoms with Gasteiger partial charge in [0.05, 0.1) is 10.6 Å². The minimum absolute atomic E-state index is 0.0342. The minimum atomic E-state index is 0.0342. The maximum absolute atomic E-state index is 12.4. The van der Waals surface area contributed by atoms with Crippen LogP contribution in [0.4, 0.5) is 0 Å². The first-order valence-electron chi connectivity index (χ1n) is 5.92. The second kappa shape index (κ2) is 6.40. The summed E-state index contributed by atoms with van der Waals surface area (Å²) in [7, 11) is 0. The topological polar surface area (TPSA) is 20.3 Å². The average Bonchev–Trinajstić information content (AvgIpc) is 2.41. The maximum Gasteiger partial charge on any atom is 0.255 e. The number of alkyl halides is 1. The number of piperidine rings is 1. The van der Waals surface area contributed by atoms with Gasteiger partial charge in [0.25, 0.3) is 5.91 Å². The van der Waals surface area contributed by atoms with Crippen molar-refractivity contribution < 1.29 is 4.79 Å². The normalized spacial score (nSPS) is 19.9. The molecule has 0 bridgehead atoms. The maximum atomic E-state index is 12.4. The van der Waals surface area contributed by atoms with Crippen molar-refractivity contribution in [3.63, 3.8) is 0 Å². The van der Waals surface area contributed by atoms with Crippen LogP contribution in [0.2, 0.25) is 5.02 Å². The average molecular weight is 396 g/mol. The van der Waals surface area contributed by atoms with Crippen molar-refractivity contribution in [2.45, 2.75) is 12.8 Å². The van der Waals surface area contributed by atoms with Crippen molar-refractivity contribution in [3.05, 3.63) is 33.3 Å². The molecule has 2 nitrogen and oxygen atoms in total. The van der Waals surface area contributed by atoms with Crippen LogP contribution in [-0.4, -0.2) is 29.2 Å². The van der Waals surface area contributed by atoms with Gasteiger partial charge < -0.3 is 4.90 Å². The van der Waals surface area contributed by atoms with Gasteiger partial charge in [0.15, 0.2) is 0 Å². The molecule has 0 spiro atoms. The van der Waals surface area contributed by atoms with Crippen LogP contribution >= 0.6 is 43.5 Å². The molecule has 1 heterocycles. The fourth-order valence-electron chi connectivity index (χ4n) is 2.21. The molecule has 5 heteroatoms. The summed E-state index contributed by atoms with van der Waals surface area (Å²) in [6.45, 7) is 1.64. The van der Waals surface area contributed by atoms with Crippen LogP contribution in [0.5, 0.6) is 0 Å². The number of rotatable bonds is 2. The van der Waals surface area contributed by atoms with Gasteiger partial charge in [0, 0.05) is 22.9 Å². The summed E-state index contributed by atoms with van der Waals surface area (Å²) in [4.78, 5) is 14.3. The van der Waals surface area contributed by atoms with E-state index in [1.165, 1.54) is 6.42 Å². The minimum Gasteiger partial charge on any atom is -0.338 e. The summed E-state index contributed by atoms with van der Waals surface area (Å²) in [5.74, 6) is 0.584.